The van der Waals surface area contributed by atoms with Gasteiger partial charge in [-0.25, -0.2) is 8.78 Å². The van der Waals surface area contributed by atoms with Crippen LogP contribution in [0.3, 0.4) is 0 Å². The minimum atomic E-state index is -4.20. The molecule has 0 aliphatic rings. The van der Waals surface area contributed by atoms with Crippen LogP contribution in [0.1, 0.15) is 0 Å². The standard InChI is InChI=1S/C3HClF4/c4-3(7,8)2(6)1-5/h1H/b2-1+. The topological polar surface area (TPSA) is 0 Å². The van der Waals surface area contributed by atoms with Gasteiger partial charge < -0.3 is 0 Å². The summed E-state index contributed by atoms with van der Waals surface area (Å²) in [6.45, 7) is 0. The van der Waals surface area contributed by atoms with Crippen molar-refractivity contribution in [2.24, 2.45) is 0 Å². The first kappa shape index (κ1) is 7.75. The van der Waals surface area contributed by atoms with Crippen LogP contribution in [0, 0.1) is 0 Å². The number of rotatable bonds is 1. The molecule has 0 N–H and O–H groups in total. The first-order valence-electron chi connectivity index (χ1n) is 1.51. The Morgan fingerprint density at radius 2 is 1.88 bits per heavy atom. The van der Waals surface area contributed by atoms with Crippen LogP contribution in [0.5, 0.6) is 0 Å². The lowest BCUT2D eigenvalue weighted by atomic mass is 10.6. The minimum absolute atomic E-state index is 0.882. The number of allylic oxidation sites excluding steroid dienone is 1. The predicted octanol–water partition coefficient (Wildman–Crippen LogP) is 2.60. The number of alkyl halides is 3. The zero-order valence-electron chi connectivity index (χ0n) is 3.47. The van der Waals surface area contributed by atoms with E-state index < -0.39 is 17.5 Å². The maximum absolute atomic E-state index is 11.2. The molecule has 0 fully saturated rings. The molecule has 0 amide bonds. The van der Waals surface area contributed by atoms with Crippen molar-refractivity contribution in [1.82, 2.24) is 0 Å². The predicted molar refractivity (Wildman–Crippen MR) is 21.1 cm³/mol. The van der Waals surface area contributed by atoms with Crippen molar-refractivity contribution in [3.8, 4) is 0 Å². The van der Waals surface area contributed by atoms with Crippen LogP contribution in [0.15, 0.2) is 12.2 Å². The molecule has 0 heterocycles. The second-order valence-electron chi connectivity index (χ2n) is 0.955. The lowest BCUT2D eigenvalue weighted by Gasteiger charge is -1.99. The van der Waals surface area contributed by atoms with Crippen molar-refractivity contribution in [3.63, 3.8) is 0 Å². The van der Waals surface area contributed by atoms with E-state index in [0.717, 1.165) is 0 Å². The molecule has 5 heteroatoms. The third-order valence-corrected chi connectivity index (χ3v) is 0.547. The Labute approximate surface area is 47.7 Å². The van der Waals surface area contributed by atoms with Gasteiger partial charge in [-0.3, -0.25) is 0 Å². The van der Waals surface area contributed by atoms with Gasteiger partial charge in [-0.1, -0.05) is 0 Å². The molecular formula is C3HClF4. The van der Waals surface area contributed by atoms with Crippen molar-refractivity contribution in [1.29, 1.82) is 0 Å². The Kier molecular flexibility index (Phi) is 2.27. The van der Waals surface area contributed by atoms with Crippen LogP contribution >= 0.6 is 11.6 Å². The largest absolute Gasteiger partial charge is 0.376 e. The highest BCUT2D eigenvalue weighted by Crippen LogP contribution is 2.29. The summed E-state index contributed by atoms with van der Waals surface area (Å²) in [6.07, 6.45) is -0.882. The van der Waals surface area contributed by atoms with Crippen molar-refractivity contribution in [2.75, 3.05) is 0 Å². The normalized spacial score (nSPS) is 14.4. The van der Waals surface area contributed by atoms with Gasteiger partial charge >= 0.3 is 5.38 Å². The van der Waals surface area contributed by atoms with Crippen LogP contribution in [0.4, 0.5) is 17.6 Å². The molecule has 8 heavy (non-hydrogen) atoms. The number of hydrogen-bond donors (Lipinski definition) is 0. The SMILES string of the molecule is F/C=C(/F)C(F)(F)Cl. The highest BCUT2D eigenvalue weighted by atomic mass is 35.5. The van der Waals surface area contributed by atoms with Crippen LogP contribution in [-0.4, -0.2) is 5.38 Å². The maximum atomic E-state index is 11.2. The van der Waals surface area contributed by atoms with Crippen LogP contribution in [-0.2, 0) is 0 Å². The molecule has 0 radical (unpaired) electrons. The quantitative estimate of drug-likeness (QED) is 0.396. The fraction of sp³-hybridized carbons (Fsp3) is 0.333. The summed E-state index contributed by atoms with van der Waals surface area (Å²) in [5.74, 6) is -2.28. The summed E-state index contributed by atoms with van der Waals surface area (Å²) in [7, 11) is 0. The van der Waals surface area contributed by atoms with Gasteiger partial charge in [0.05, 0.1) is 0 Å². The van der Waals surface area contributed by atoms with Gasteiger partial charge in [0.25, 0.3) is 0 Å². The van der Waals surface area contributed by atoms with E-state index in [-0.39, 0.29) is 0 Å². The highest BCUT2D eigenvalue weighted by molar-refractivity contribution is 6.23. The van der Waals surface area contributed by atoms with Gasteiger partial charge in [-0.15, -0.1) is 0 Å². The number of hydrogen-bond acceptors (Lipinski definition) is 0. The Morgan fingerprint density at radius 1 is 1.50 bits per heavy atom. The van der Waals surface area contributed by atoms with E-state index in [1.807, 2.05) is 0 Å². The Bertz CT molecular complexity index is 102. The van der Waals surface area contributed by atoms with Crippen LogP contribution < -0.4 is 0 Å². The van der Waals surface area contributed by atoms with Crippen molar-refractivity contribution >= 4 is 11.6 Å². The van der Waals surface area contributed by atoms with E-state index in [1.165, 1.54) is 0 Å². The van der Waals surface area contributed by atoms with E-state index in [2.05, 4.69) is 11.6 Å². The zero-order chi connectivity index (χ0) is 6.78. The Balaban J connectivity index is 4.03. The lowest BCUT2D eigenvalue weighted by molar-refractivity contribution is 0.107. The zero-order valence-corrected chi connectivity index (χ0v) is 4.22. The van der Waals surface area contributed by atoms with E-state index in [9.17, 15) is 17.6 Å². The van der Waals surface area contributed by atoms with Gasteiger partial charge in [-0.2, -0.15) is 8.78 Å². The monoisotopic (exact) mass is 148 g/mol. The van der Waals surface area contributed by atoms with Crippen molar-refractivity contribution in [3.05, 3.63) is 12.2 Å². The van der Waals surface area contributed by atoms with Gasteiger partial charge in [-0.05, 0) is 11.6 Å². The summed E-state index contributed by atoms with van der Waals surface area (Å²) >= 11 is 3.97. The molecule has 0 spiro atoms. The van der Waals surface area contributed by atoms with E-state index in [0.29, 0.717) is 0 Å². The molecular weight excluding hydrogens is 147 g/mol. The highest BCUT2D eigenvalue weighted by Gasteiger charge is 2.31. The Morgan fingerprint density at radius 3 is 1.88 bits per heavy atom. The molecule has 0 saturated carbocycles. The smallest absolute Gasteiger partial charge is 0.212 e. The summed E-state index contributed by atoms with van der Waals surface area (Å²) in [5, 5.41) is -4.20. The first-order chi connectivity index (χ1) is 3.48. The minimum Gasteiger partial charge on any atom is -0.212 e. The van der Waals surface area contributed by atoms with E-state index in [1.54, 1.807) is 0 Å². The van der Waals surface area contributed by atoms with Gasteiger partial charge in [0.15, 0.2) is 0 Å². The summed E-state index contributed by atoms with van der Waals surface area (Å²) in [4.78, 5) is 0. The molecule has 0 rings (SSSR count). The van der Waals surface area contributed by atoms with E-state index in [4.69, 9.17) is 0 Å². The molecule has 0 bridgehead atoms. The summed E-state index contributed by atoms with van der Waals surface area (Å²) in [6, 6.07) is 0. The second kappa shape index (κ2) is 2.35. The van der Waals surface area contributed by atoms with Gasteiger partial charge in [0.2, 0.25) is 5.83 Å². The molecule has 0 aromatic heterocycles. The summed E-state index contributed by atoms with van der Waals surface area (Å²) < 4.78 is 44.4. The molecule has 0 aliphatic carbocycles. The third kappa shape index (κ3) is 2.16. The molecule has 0 atom stereocenters. The Hall–Kier alpha value is -0.250. The molecule has 0 nitrogen and oxygen atoms in total. The lowest BCUT2D eigenvalue weighted by Crippen LogP contribution is -2.04. The van der Waals surface area contributed by atoms with Crippen molar-refractivity contribution < 1.29 is 17.6 Å². The van der Waals surface area contributed by atoms with Crippen molar-refractivity contribution in [2.45, 2.75) is 5.38 Å². The van der Waals surface area contributed by atoms with Crippen LogP contribution in [0.25, 0.3) is 0 Å². The second-order valence-corrected chi connectivity index (χ2v) is 1.43. The molecule has 48 valence electrons. The number of halogens is 5. The molecule has 0 unspecified atom stereocenters. The maximum Gasteiger partial charge on any atom is 0.376 e. The van der Waals surface area contributed by atoms with Gasteiger partial charge in [0, 0.05) is 0 Å². The third-order valence-electron chi connectivity index (χ3n) is 0.367. The van der Waals surface area contributed by atoms with Gasteiger partial charge in [0.1, 0.15) is 6.33 Å². The average Bonchev–Trinajstić information content (AvgIpc) is 1.62. The fourth-order valence-electron chi connectivity index (χ4n) is 0.0619. The molecule has 0 aromatic carbocycles. The molecule has 0 saturated heterocycles. The average molecular weight is 148 g/mol. The van der Waals surface area contributed by atoms with Crippen LogP contribution in [0.2, 0.25) is 0 Å². The molecule has 0 aromatic rings. The molecule has 0 aliphatic heterocycles. The first-order valence-corrected chi connectivity index (χ1v) is 1.89. The fourth-order valence-corrected chi connectivity index (χ4v) is 0.103. The van der Waals surface area contributed by atoms with E-state index >= 15 is 0 Å². The summed E-state index contributed by atoms with van der Waals surface area (Å²) in [5.41, 5.74) is 0.